The van der Waals surface area contributed by atoms with E-state index in [4.69, 9.17) is 10.7 Å². The van der Waals surface area contributed by atoms with Gasteiger partial charge in [-0.3, -0.25) is 14.4 Å². The van der Waals surface area contributed by atoms with Gasteiger partial charge < -0.3 is 16.0 Å². The molecule has 0 bridgehead atoms. The number of aryl methyl sites for hydroxylation is 1. The van der Waals surface area contributed by atoms with Crippen LogP contribution in [0.4, 0.5) is 5.00 Å². The third kappa shape index (κ3) is 4.59. The topological polar surface area (TPSA) is 105 Å². The molecule has 2 aromatic heterocycles. The minimum absolute atomic E-state index is 0.154. The SMILES string of the molecule is CCN(CC)C(=O)c1sc(NC(=O)c2cc(-c3ccccc3C)nc3ccccc23)c(C(N)=O)c1C. The lowest BCUT2D eigenvalue weighted by atomic mass is 10.0. The predicted molar refractivity (Wildman–Crippen MR) is 145 cm³/mol. The normalized spacial score (nSPS) is 10.9. The van der Waals surface area contributed by atoms with Gasteiger partial charge in [-0.15, -0.1) is 11.3 Å². The highest BCUT2D eigenvalue weighted by Crippen LogP contribution is 2.35. The average molecular weight is 501 g/mol. The first kappa shape index (κ1) is 25.1. The molecule has 0 unspecified atom stereocenters. The third-order valence-electron chi connectivity index (χ3n) is 6.25. The van der Waals surface area contributed by atoms with Gasteiger partial charge in [0, 0.05) is 24.0 Å². The van der Waals surface area contributed by atoms with Gasteiger partial charge >= 0.3 is 0 Å². The van der Waals surface area contributed by atoms with E-state index in [0.29, 0.717) is 45.7 Å². The summed E-state index contributed by atoms with van der Waals surface area (Å²) in [6.45, 7) is 8.52. The maximum absolute atomic E-state index is 13.6. The minimum atomic E-state index is -0.696. The number of nitrogens with one attached hydrogen (secondary N) is 1. The molecule has 0 aliphatic heterocycles. The summed E-state index contributed by atoms with van der Waals surface area (Å²) in [4.78, 5) is 45.8. The number of fused-ring (bicyclic) bond motifs is 1. The number of nitrogens with two attached hydrogens (primary N) is 1. The van der Waals surface area contributed by atoms with Crippen molar-refractivity contribution in [2.45, 2.75) is 27.7 Å². The maximum atomic E-state index is 13.6. The number of benzene rings is 2. The molecule has 36 heavy (non-hydrogen) atoms. The molecule has 3 amide bonds. The van der Waals surface area contributed by atoms with Crippen LogP contribution < -0.4 is 11.1 Å². The lowest BCUT2D eigenvalue weighted by molar-refractivity contribution is 0.0777. The molecule has 8 heteroatoms. The van der Waals surface area contributed by atoms with Crippen molar-refractivity contribution in [3.05, 3.63) is 81.7 Å². The molecule has 7 nitrogen and oxygen atoms in total. The number of pyridine rings is 1. The molecule has 0 aliphatic rings. The number of anilines is 1. The van der Waals surface area contributed by atoms with Crippen molar-refractivity contribution in [2.24, 2.45) is 5.73 Å². The summed E-state index contributed by atoms with van der Waals surface area (Å²) in [5.74, 6) is -1.30. The number of hydrogen-bond acceptors (Lipinski definition) is 5. The number of hydrogen-bond donors (Lipinski definition) is 2. The van der Waals surface area contributed by atoms with Crippen LogP contribution in [0, 0.1) is 13.8 Å². The Bertz CT molecular complexity index is 1490. The molecular weight excluding hydrogens is 472 g/mol. The second kappa shape index (κ2) is 10.3. The second-order valence-electron chi connectivity index (χ2n) is 8.44. The van der Waals surface area contributed by atoms with E-state index in [2.05, 4.69) is 5.32 Å². The summed E-state index contributed by atoms with van der Waals surface area (Å²) in [6, 6.07) is 17.0. The van der Waals surface area contributed by atoms with Gasteiger partial charge in [-0.05, 0) is 51.0 Å². The average Bonchev–Trinajstić information content (AvgIpc) is 3.19. The van der Waals surface area contributed by atoms with Crippen molar-refractivity contribution in [1.29, 1.82) is 0 Å². The molecule has 0 saturated carbocycles. The zero-order valence-electron chi connectivity index (χ0n) is 20.7. The Morgan fingerprint density at radius 1 is 1.00 bits per heavy atom. The highest BCUT2D eigenvalue weighted by molar-refractivity contribution is 7.18. The quantitative estimate of drug-likeness (QED) is 0.354. The van der Waals surface area contributed by atoms with E-state index in [1.165, 1.54) is 0 Å². The van der Waals surface area contributed by atoms with E-state index in [0.717, 1.165) is 22.5 Å². The summed E-state index contributed by atoms with van der Waals surface area (Å²) in [5, 5.41) is 3.81. The van der Waals surface area contributed by atoms with Crippen molar-refractivity contribution in [1.82, 2.24) is 9.88 Å². The number of nitrogens with zero attached hydrogens (tertiary/aromatic N) is 2. The zero-order chi connectivity index (χ0) is 26.0. The number of carbonyl (C=O) groups excluding carboxylic acids is 3. The fourth-order valence-electron chi connectivity index (χ4n) is 4.29. The Kier molecular flexibility index (Phi) is 7.17. The number of para-hydroxylation sites is 1. The number of thiophene rings is 1. The molecule has 0 spiro atoms. The number of rotatable bonds is 7. The standard InChI is InChI=1S/C28H28N4O3S/c1-5-32(6-2)28(35)24-17(4)23(25(29)33)27(36-24)31-26(34)20-15-22(18-12-8-7-11-16(18)3)30-21-14-10-9-13-19(20)21/h7-15H,5-6H2,1-4H3,(H2,29,33)(H,31,34). The Hall–Kier alpha value is -4.04. The first-order chi connectivity index (χ1) is 17.3. The third-order valence-corrected chi connectivity index (χ3v) is 7.44. The fraction of sp³-hybridized carbons (Fsp3) is 0.214. The first-order valence-electron chi connectivity index (χ1n) is 11.8. The molecule has 2 heterocycles. The van der Waals surface area contributed by atoms with E-state index in [9.17, 15) is 14.4 Å². The van der Waals surface area contributed by atoms with E-state index in [1.807, 2.05) is 69.3 Å². The van der Waals surface area contributed by atoms with Crippen molar-refractivity contribution in [2.75, 3.05) is 18.4 Å². The molecule has 3 N–H and O–H groups in total. The number of primary amides is 1. The molecule has 4 aromatic rings. The maximum Gasteiger partial charge on any atom is 0.264 e. The summed E-state index contributed by atoms with van der Waals surface area (Å²) in [7, 11) is 0. The van der Waals surface area contributed by atoms with Crippen LogP contribution in [0.2, 0.25) is 0 Å². The Balaban J connectivity index is 1.81. The minimum Gasteiger partial charge on any atom is -0.365 e. The largest absolute Gasteiger partial charge is 0.365 e. The van der Waals surface area contributed by atoms with Crippen molar-refractivity contribution in [3.8, 4) is 11.3 Å². The van der Waals surface area contributed by atoms with Crippen LogP contribution in [0.15, 0.2) is 54.6 Å². The van der Waals surface area contributed by atoms with Crippen LogP contribution in [-0.2, 0) is 0 Å². The van der Waals surface area contributed by atoms with Crippen LogP contribution in [0.3, 0.4) is 0 Å². The molecule has 2 aromatic carbocycles. The molecule has 0 fully saturated rings. The zero-order valence-corrected chi connectivity index (χ0v) is 21.5. The summed E-state index contributed by atoms with van der Waals surface area (Å²) in [5.41, 5.74) is 10.0. The van der Waals surface area contributed by atoms with Crippen LogP contribution in [0.5, 0.6) is 0 Å². The van der Waals surface area contributed by atoms with Crippen LogP contribution >= 0.6 is 11.3 Å². The van der Waals surface area contributed by atoms with Crippen LogP contribution in [-0.4, -0.2) is 40.7 Å². The summed E-state index contributed by atoms with van der Waals surface area (Å²) >= 11 is 1.07. The summed E-state index contributed by atoms with van der Waals surface area (Å²) in [6.07, 6.45) is 0. The van der Waals surface area contributed by atoms with Gasteiger partial charge in [0.2, 0.25) is 0 Å². The van der Waals surface area contributed by atoms with Gasteiger partial charge in [-0.2, -0.15) is 0 Å². The fourth-order valence-corrected chi connectivity index (χ4v) is 5.46. The molecule has 0 aliphatic carbocycles. The predicted octanol–water partition coefficient (Wildman–Crippen LogP) is 5.41. The molecule has 184 valence electrons. The first-order valence-corrected chi connectivity index (χ1v) is 12.6. The molecule has 0 saturated heterocycles. The van der Waals surface area contributed by atoms with E-state index in [-0.39, 0.29) is 16.5 Å². The van der Waals surface area contributed by atoms with Crippen molar-refractivity contribution < 1.29 is 14.4 Å². The van der Waals surface area contributed by atoms with Crippen LogP contribution in [0.1, 0.15) is 55.4 Å². The van der Waals surface area contributed by atoms with E-state index >= 15 is 0 Å². The smallest absolute Gasteiger partial charge is 0.264 e. The number of carbonyl (C=O) groups is 3. The Morgan fingerprint density at radius 3 is 2.33 bits per heavy atom. The molecule has 0 radical (unpaired) electrons. The van der Waals surface area contributed by atoms with E-state index < -0.39 is 11.8 Å². The molecule has 4 rings (SSSR count). The Labute approximate surface area is 214 Å². The molecule has 0 atom stereocenters. The van der Waals surface area contributed by atoms with Gasteiger partial charge in [0.25, 0.3) is 17.7 Å². The second-order valence-corrected chi connectivity index (χ2v) is 9.46. The summed E-state index contributed by atoms with van der Waals surface area (Å²) < 4.78 is 0. The van der Waals surface area contributed by atoms with E-state index in [1.54, 1.807) is 17.9 Å². The lowest BCUT2D eigenvalue weighted by Crippen LogP contribution is -2.30. The Morgan fingerprint density at radius 2 is 1.67 bits per heavy atom. The van der Waals surface area contributed by atoms with Crippen LogP contribution in [0.25, 0.3) is 22.2 Å². The number of aromatic nitrogens is 1. The highest BCUT2D eigenvalue weighted by atomic mass is 32.1. The highest BCUT2D eigenvalue weighted by Gasteiger charge is 2.27. The van der Waals surface area contributed by atoms with Gasteiger partial charge in [0.15, 0.2) is 0 Å². The lowest BCUT2D eigenvalue weighted by Gasteiger charge is -2.17. The monoisotopic (exact) mass is 500 g/mol. The van der Waals surface area contributed by atoms with Crippen molar-refractivity contribution >= 4 is 45.0 Å². The van der Waals surface area contributed by atoms with Crippen molar-refractivity contribution in [3.63, 3.8) is 0 Å². The number of amides is 3. The van der Waals surface area contributed by atoms with Gasteiger partial charge in [-0.1, -0.05) is 42.5 Å². The van der Waals surface area contributed by atoms with Gasteiger partial charge in [0.05, 0.1) is 27.2 Å². The molecular formula is C28H28N4O3S. The van der Waals surface area contributed by atoms with Gasteiger partial charge in [0.1, 0.15) is 5.00 Å². The van der Waals surface area contributed by atoms with Gasteiger partial charge in [-0.25, -0.2) is 4.98 Å².